The number of nitrogens with zero attached hydrogens (tertiary/aromatic N) is 1. The van der Waals surface area contributed by atoms with Crippen LogP contribution in [-0.2, 0) is 30.4 Å². The lowest BCUT2D eigenvalue weighted by molar-refractivity contribution is -0.143. The summed E-state index contributed by atoms with van der Waals surface area (Å²) in [7, 11) is 0. The Balaban J connectivity index is 3.06. The third kappa shape index (κ3) is 13.9. The van der Waals surface area contributed by atoms with Crippen LogP contribution in [0.1, 0.15) is 24.8 Å². The SMILES string of the molecule is CSCC[C@H](NC(=O)[C@H](CO)NC(=O)[C@H](Cc1ccc(O)cc1)NC(=O)[C@@H](N)CCCN=C(N)N)C(=O)N[C@@H](CO)C(=O)O. The molecule has 0 aliphatic rings. The number of rotatable bonds is 20. The number of aliphatic imine (C=N–C) groups is 1. The summed E-state index contributed by atoms with van der Waals surface area (Å²) in [6, 6.07) is -0.890. The van der Waals surface area contributed by atoms with Crippen LogP contribution in [-0.4, -0.2) is 118 Å². The average Bonchev–Trinajstić information content (AvgIpc) is 2.98. The number of guanidine groups is 1. The molecule has 17 nitrogen and oxygen atoms in total. The number of benzene rings is 1. The number of aliphatic hydroxyl groups is 2. The number of nitrogens with two attached hydrogens (primary N) is 3. The molecule has 0 radical (unpaired) electrons. The van der Waals surface area contributed by atoms with Crippen molar-refractivity contribution in [2.24, 2.45) is 22.2 Å². The van der Waals surface area contributed by atoms with Crippen molar-refractivity contribution in [1.29, 1.82) is 0 Å². The number of carbonyl (C=O) groups excluding carboxylic acids is 4. The van der Waals surface area contributed by atoms with Gasteiger partial charge in [-0.1, -0.05) is 12.1 Å². The second-order valence-corrected chi connectivity index (χ2v) is 10.6. The predicted molar refractivity (Wildman–Crippen MR) is 162 cm³/mol. The van der Waals surface area contributed by atoms with Crippen LogP contribution in [0.5, 0.6) is 5.75 Å². The fourth-order valence-corrected chi connectivity index (χ4v) is 4.18. The highest BCUT2D eigenvalue weighted by molar-refractivity contribution is 7.98. The van der Waals surface area contributed by atoms with Gasteiger partial charge in [0, 0.05) is 13.0 Å². The normalized spacial score (nSPS) is 14.2. The summed E-state index contributed by atoms with van der Waals surface area (Å²) < 4.78 is 0. The standard InChI is InChI=1S/C26H42N8O9S/c1-44-10-8-17(22(39)34-20(13-36)25(42)43)31-24(41)19(12-35)33-23(40)18(11-14-4-6-15(37)7-5-14)32-21(38)16(27)3-2-9-30-26(28)29/h4-7,16-20,35-37H,2-3,8-13,27H2,1H3,(H,31,41)(H,32,38)(H,33,40)(H,34,39)(H,42,43)(H4,28,29,30)/t16-,17-,18-,19-,20-/m0/s1. The van der Waals surface area contributed by atoms with E-state index in [1.54, 1.807) is 6.26 Å². The number of amides is 4. The topological polar surface area (TPSA) is 305 Å². The van der Waals surface area contributed by atoms with Gasteiger partial charge in [-0.2, -0.15) is 11.8 Å². The van der Waals surface area contributed by atoms with Crippen molar-refractivity contribution in [3.8, 4) is 5.75 Å². The number of carbonyl (C=O) groups is 5. The molecule has 0 saturated heterocycles. The number of carboxylic acid groups (broad SMARTS) is 1. The molecule has 14 N–H and O–H groups in total. The highest BCUT2D eigenvalue weighted by Gasteiger charge is 2.31. The molecule has 0 unspecified atom stereocenters. The summed E-state index contributed by atoms with van der Waals surface area (Å²) in [5.41, 5.74) is 17.1. The van der Waals surface area contributed by atoms with E-state index in [2.05, 4.69) is 26.3 Å². The monoisotopic (exact) mass is 642 g/mol. The molecular weight excluding hydrogens is 600 g/mol. The van der Waals surface area contributed by atoms with E-state index in [9.17, 15) is 39.3 Å². The van der Waals surface area contributed by atoms with Crippen LogP contribution in [0.2, 0.25) is 0 Å². The molecule has 1 aromatic rings. The number of nitrogens with one attached hydrogen (secondary N) is 4. The number of carboxylic acids is 1. The molecule has 0 heterocycles. The minimum atomic E-state index is -1.60. The summed E-state index contributed by atoms with van der Waals surface area (Å²) >= 11 is 1.35. The number of aliphatic hydroxyl groups excluding tert-OH is 2. The molecule has 0 aliphatic carbocycles. The van der Waals surface area contributed by atoms with Crippen LogP contribution in [0.15, 0.2) is 29.3 Å². The van der Waals surface area contributed by atoms with E-state index >= 15 is 0 Å². The molecule has 5 atom stereocenters. The molecule has 0 fully saturated rings. The van der Waals surface area contributed by atoms with E-state index in [0.717, 1.165) is 0 Å². The summed E-state index contributed by atoms with van der Waals surface area (Å²) in [6.07, 6.45) is 2.32. The van der Waals surface area contributed by atoms with Gasteiger partial charge in [0.05, 0.1) is 19.3 Å². The number of phenols is 1. The Labute approximate surface area is 258 Å². The number of phenolic OH excluding ortho intramolecular Hbond substituents is 1. The van der Waals surface area contributed by atoms with Gasteiger partial charge in [-0.3, -0.25) is 24.2 Å². The highest BCUT2D eigenvalue weighted by Crippen LogP contribution is 2.12. The fraction of sp³-hybridized carbons (Fsp3) is 0.538. The van der Waals surface area contributed by atoms with Gasteiger partial charge in [-0.25, -0.2) is 4.79 Å². The van der Waals surface area contributed by atoms with Crippen LogP contribution in [0.3, 0.4) is 0 Å². The largest absolute Gasteiger partial charge is 0.508 e. The lowest BCUT2D eigenvalue weighted by Crippen LogP contribution is -2.60. The van der Waals surface area contributed by atoms with Crippen LogP contribution >= 0.6 is 11.8 Å². The van der Waals surface area contributed by atoms with Gasteiger partial charge in [0.15, 0.2) is 5.96 Å². The van der Waals surface area contributed by atoms with Crippen LogP contribution in [0, 0.1) is 0 Å². The van der Waals surface area contributed by atoms with Crippen LogP contribution in [0.25, 0.3) is 0 Å². The molecule has 0 aromatic heterocycles. The van der Waals surface area contributed by atoms with Gasteiger partial charge in [-0.15, -0.1) is 0 Å². The second-order valence-electron chi connectivity index (χ2n) is 9.66. The van der Waals surface area contributed by atoms with E-state index in [4.69, 9.17) is 22.3 Å². The van der Waals surface area contributed by atoms with Gasteiger partial charge in [0.2, 0.25) is 23.6 Å². The van der Waals surface area contributed by atoms with Gasteiger partial charge in [-0.05, 0) is 49.0 Å². The first kappa shape index (κ1) is 37.9. The number of aromatic hydroxyl groups is 1. The van der Waals surface area contributed by atoms with Gasteiger partial charge < -0.3 is 58.9 Å². The molecular formula is C26H42N8O9S. The number of thioether (sulfide) groups is 1. The molecule has 1 rings (SSSR count). The quantitative estimate of drug-likeness (QED) is 0.0368. The van der Waals surface area contributed by atoms with Crippen LogP contribution < -0.4 is 38.5 Å². The zero-order valence-corrected chi connectivity index (χ0v) is 25.1. The maximum absolute atomic E-state index is 13.3. The van der Waals surface area contributed by atoms with E-state index < -0.39 is 73.0 Å². The molecule has 4 amide bonds. The van der Waals surface area contributed by atoms with Gasteiger partial charge in [0.1, 0.15) is 29.9 Å². The van der Waals surface area contributed by atoms with Gasteiger partial charge >= 0.3 is 5.97 Å². The molecule has 0 aliphatic heterocycles. The Hall–Kier alpha value is -4.13. The molecule has 0 spiro atoms. The van der Waals surface area contributed by atoms with E-state index in [1.807, 2.05) is 0 Å². The fourth-order valence-electron chi connectivity index (χ4n) is 3.71. The molecule has 246 valence electrons. The van der Waals surface area contributed by atoms with Crippen molar-refractivity contribution in [2.45, 2.75) is 55.9 Å². The summed E-state index contributed by atoms with van der Waals surface area (Å²) in [5, 5.41) is 47.2. The number of aliphatic carboxylic acids is 1. The first-order chi connectivity index (χ1) is 20.8. The van der Waals surface area contributed by atoms with Crippen molar-refractivity contribution in [1.82, 2.24) is 21.3 Å². The highest BCUT2D eigenvalue weighted by atomic mass is 32.2. The molecule has 0 saturated carbocycles. The predicted octanol–water partition coefficient (Wildman–Crippen LogP) is -3.92. The van der Waals surface area contributed by atoms with Crippen molar-refractivity contribution < 1.29 is 44.4 Å². The number of hydrogen-bond donors (Lipinski definition) is 11. The molecule has 18 heteroatoms. The maximum Gasteiger partial charge on any atom is 0.328 e. The summed E-state index contributed by atoms with van der Waals surface area (Å²) in [6.45, 7) is -1.53. The smallest absolute Gasteiger partial charge is 0.328 e. The molecule has 0 bridgehead atoms. The molecule has 1 aromatic carbocycles. The second kappa shape index (κ2) is 19.9. The van der Waals surface area contributed by atoms with Crippen LogP contribution in [0.4, 0.5) is 0 Å². The Morgan fingerprint density at radius 1 is 0.818 bits per heavy atom. The van der Waals surface area contributed by atoms with Crippen molar-refractivity contribution in [2.75, 3.05) is 31.8 Å². The lowest BCUT2D eigenvalue weighted by Gasteiger charge is -2.25. The first-order valence-corrected chi connectivity index (χ1v) is 15.0. The Bertz CT molecular complexity index is 1140. The van der Waals surface area contributed by atoms with E-state index in [1.165, 1.54) is 36.0 Å². The Morgan fingerprint density at radius 2 is 1.34 bits per heavy atom. The Kier molecular flexibility index (Phi) is 17.2. The zero-order chi connectivity index (χ0) is 33.2. The van der Waals surface area contributed by atoms with E-state index in [0.29, 0.717) is 17.7 Å². The van der Waals surface area contributed by atoms with E-state index in [-0.39, 0.29) is 37.5 Å². The number of hydrogen-bond acceptors (Lipinski definition) is 11. The summed E-state index contributed by atoms with van der Waals surface area (Å²) in [5.74, 6) is -4.60. The van der Waals surface area contributed by atoms with Crippen molar-refractivity contribution in [3.05, 3.63) is 29.8 Å². The zero-order valence-electron chi connectivity index (χ0n) is 24.3. The average molecular weight is 643 g/mol. The molecule has 44 heavy (non-hydrogen) atoms. The summed E-state index contributed by atoms with van der Waals surface area (Å²) in [4.78, 5) is 66.9. The minimum absolute atomic E-state index is 0.0210. The lowest BCUT2D eigenvalue weighted by atomic mass is 10.0. The van der Waals surface area contributed by atoms with Gasteiger partial charge in [0.25, 0.3) is 0 Å². The first-order valence-electron chi connectivity index (χ1n) is 13.6. The minimum Gasteiger partial charge on any atom is -0.508 e. The van der Waals surface area contributed by atoms with Crippen molar-refractivity contribution in [3.63, 3.8) is 0 Å². The Morgan fingerprint density at radius 3 is 1.89 bits per heavy atom. The third-order valence-corrected chi connectivity index (χ3v) is 6.81. The third-order valence-electron chi connectivity index (χ3n) is 6.17. The maximum atomic E-state index is 13.3. The van der Waals surface area contributed by atoms with Crippen molar-refractivity contribution >= 4 is 47.3 Å².